The summed E-state index contributed by atoms with van der Waals surface area (Å²) in [5.74, 6) is 0.119. The molecule has 1 saturated heterocycles. The molecule has 2 aromatic rings. The van der Waals surface area contributed by atoms with Gasteiger partial charge in [0.25, 0.3) is 0 Å². The van der Waals surface area contributed by atoms with Gasteiger partial charge >= 0.3 is 0 Å². The van der Waals surface area contributed by atoms with Gasteiger partial charge in [-0.25, -0.2) is 14.1 Å². The lowest BCUT2D eigenvalue weighted by Gasteiger charge is -2.34. The Balaban J connectivity index is 1.64. The minimum Gasteiger partial charge on any atom is -0.368 e. The zero-order valence-electron chi connectivity index (χ0n) is 14.8. The molecule has 0 bridgehead atoms. The van der Waals surface area contributed by atoms with Gasteiger partial charge in [-0.2, -0.15) is 5.10 Å². The number of hydrogen-bond donors (Lipinski definition) is 1. The fraction of sp³-hybridized carbons (Fsp3) is 0.444. The maximum absolute atomic E-state index is 14.4. The Labute approximate surface area is 147 Å². The minimum absolute atomic E-state index is 0.198. The topological polar surface area (TPSA) is 62.7 Å². The number of halogens is 1. The van der Waals surface area contributed by atoms with Crippen molar-refractivity contribution in [1.29, 1.82) is 0 Å². The van der Waals surface area contributed by atoms with Crippen molar-refractivity contribution in [3.05, 3.63) is 47.0 Å². The van der Waals surface area contributed by atoms with Crippen LogP contribution >= 0.6 is 0 Å². The lowest BCUT2D eigenvalue weighted by Crippen LogP contribution is -2.45. The number of benzene rings is 1. The molecule has 1 fully saturated rings. The Hall–Kier alpha value is -2.25. The van der Waals surface area contributed by atoms with E-state index in [1.165, 1.54) is 10.7 Å². The predicted octanol–water partition coefficient (Wildman–Crippen LogP) is 1.93. The number of aromatic nitrogens is 2. The highest BCUT2D eigenvalue weighted by atomic mass is 19.1. The number of nitrogens with zero attached hydrogens (tertiary/aromatic N) is 5. The molecule has 2 N–H and O–H groups in total. The van der Waals surface area contributed by atoms with Crippen LogP contribution in [-0.2, 0) is 6.54 Å². The lowest BCUT2D eigenvalue weighted by molar-refractivity contribution is 0.131. The number of hydrogen-bond acceptors (Lipinski definition) is 5. The van der Waals surface area contributed by atoms with Gasteiger partial charge < -0.3 is 10.6 Å². The Morgan fingerprint density at radius 3 is 2.56 bits per heavy atom. The number of anilines is 1. The highest BCUT2D eigenvalue weighted by Gasteiger charge is 2.16. The fourth-order valence-electron chi connectivity index (χ4n) is 3.00. The first-order valence-corrected chi connectivity index (χ1v) is 8.64. The number of aryl methyl sites for hydroxylation is 1. The predicted molar refractivity (Wildman–Crippen MR) is 98.2 cm³/mol. The highest BCUT2D eigenvalue weighted by Crippen LogP contribution is 2.14. The van der Waals surface area contributed by atoms with Crippen LogP contribution in [0.15, 0.2) is 29.5 Å². The van der Waals surface area contributed by atoms with Crippen molar-refractivity contribution < 1.29 is 4.39 Å². The van der Waals surface area contributed by atoms with Crippen LogP contribution in [0.3, 0.4) is 0 Å². The van der Waals surface area contributed by atoms with Crippen molar-refractivity contribution in [2.75, 3.05) is 38.5 Å². The van der Waals surface area contributed by atoms with E-state index in [2.05, 4.69) is 26.8 Å². The molecule has 25 heavy (non-hydrogen) atoms. The number of imidazole rings is 1. The van der Waals surface area contributed by atoms with Crippen molar-refractivity contribution in [2.45, 2.75) is 20.4 Å². The van der Waals surface area contributed by atoms with Gasteiger partial charge in [-0.15, -0.1) is 0 Å². The number of likely N-dealkylation sites (N-methyl/N-ethyl adjacent to an activating group) is 1. The summed E-state index contributed by atoms with van der Waals surface area (Å²) in [6.07, 6.45) is 3.32. The molecule has 0 amide bonds. The largest absolute Gasteiger partial charge is 0.368 e. The first kappa shape index (κ1) is 17.6. The molecular formula is C18H25FN6. The molecule has 0 saturated carbocycles. The molecule has 0 atom stereocenters. The van der Waals surface area contributed by atoms with Gasteiger partial charge in [0, 0.05) is 38.3 Å². The summed E-state index contributed by atoms with van der Waals surface area (Å²) in [7, 11) is 0. The van der Waals surface area contributed by atoms with Crippen molar-refractivity contribution in [3.8, 4) is 0 Å². The number of nitrogens with two attached hydrogens (primary N) is 1. The van der Waals surface area contributed by atoms with E-state index in [9.17, 15) is 4.39 Å². The molecule has 2 heterocycles. The van der Waals surface area contributed by atoms with E-state index in [1.807, 2.05) is 19.1 Å². The molecule has 6 nitrogen and oxygen atoms in total. The molecule has 134 valence electrons. The quantitative estimate of drug-likeness (QED) is 0.842. The zero-order valence-corrected chi connectivity index (χ0v) is 14.8. The van der Waals surface area contributed by atoms with E-state index in [4.69, 9.17) is 5.73 Å². The second kappa shape index (κ2) is 7.76. The van der Waals surface area contributed by atoms with Crippen molar-refractivity contribution in [1.82, 2.24) is 19.5 Å². The van der Waals surface area contributed by atoms with E-state index in [0.29, 0.717) is 18.1 Å². The molecule has 1 aromatic heterocycles. The molecule has 1 aromatic carbocycles. The van der Waals surface area contributed by atoms with Gasteiger partial charge in [0.15, 0.2) is 0 Å². The molecule has 7 heteroatoms. The monoisotopic (exact) mass is 344 g/mol. The summed E-state index contributed by atoms with van der Waals surface area (Å²) < 4.78 is 15.9. The Kier molecular flexibility index (Phi) is 5.45. The molecule has 0 aliphatic carbocycles. The standard InChI is InChI=1S/C18H25FN6/c1-3-23-6-8-24(9-7-23)13-16-5-4-15(10-17(16)19)11-21-25-12-14(2)22-18(25)20/h4-5,10-12H,3,6-9,13H2,1-2H3,(H2,20,22). The van der Waals surface area contributed by atoms with Gasteiger partial charge in [0.2, 0.25) is 5.95 Å². The Bertz CT molecular complexity index is 746. The number of nitrogen functional groups attached to an aromatic ring is 1. The third-order valence-corrected chi connectivity index (χ3v) is 4.55. The highest BCUT2D eigenvalue weighted by molar-refractivity contribution is 5.79. The average Bonchev–Trinajstić information content (AvgIpc) is 2.93. The molecular weight excluding hydrogens is 319 g/mol. The van der Waals surface area contributed by atoms with Gasteiger partial charge in [-0.1, -0.05) is 19.1 Å². The van der Waals surface area contributed by atoms with Gasteiger partial charge in [0.1, 0.15) is 5.82 Å². The van der Waals surface area contributed by atoms with Gasteiger partial charge in [-0.05, 0) is 25.1 Å². The smallest absolute Gasteiger partial charge is 0.221 e. The second-order valence-electron chi connectivity index (χ2n) is 6.39. The number of rotatable bonds is 5. The van der Waals surface area contributed by atoms with Crippen molar-refractivity contribution in [3.63, 3.8) is 0 Å². The van der Waals surface area contributed by atoms with E-state index in [-0.39, 0.29) is 5.82 Å². The van der Waals surface area contributed by atoms with Gasteiger partial charge in [0.05, 0.1) is 18.1 Å². The molecule has 1 aliphatic heterocycles. The third kappa shape index (κ3) is 4.43. The van der Waals surface area contributed by atoms with E-state index >= 15 is 0 Å². The van der Waals surface area contributed by atoms with Crippen molar-refractivity contribution in [2.24, 2.45) is 5.10 Å². The molecule has 0 radical (unpaired) electrons. The molecule has 0 spiro atoms. The van der Waals surface area contributed by atoms with E-state index < -0.39 is 0 Å². The number of piperazine rings is 1. The average molecular weight is 344 g/mol. The summed E-state index contributed by atoms with van der Waals surface area (Å²) in [4.78, 5) is 8.79. The lowest BCUT2D eigenvalue weighted by atomic mass is 10.1. The minimum atomic E-state index is -0.198. The van der Waals surface area contributed by atoms with Crippen LogP contribution in [-0.4, -0.2) is 58.4 Å². The van der Waals surface area contributed by atoms with Crippen LogP contribution in [0.2, 0.25) is 0 Å². The second-order valence-corrected chi connectivity index (χ2v) is 6.39. The van der Waals surface area contributed by atoms with Crippen molar-refractivity contribution >= 4 is 12.2 Å². The fourth-order valence-corrected chi connectivity index (χ4v) is 3.00. The molecule has 1 aliphatic rings. The maximum atomic E-state index is 14.4. The summed E-state index contributed by atoms with van der Waals surface area (Å²) in [6, 6.07) is 5.23. The normalized spacial score (nSPS) is 16.8. The van der Waals surface area contributed by atoms with E-state index in [1.54, 1.807) is 12.4 Å². The van der Waals surface area contributed by atoms with E-state index in [0.717, 1.165) is 44.0 Å². The van der Waals surface area contributed by atoms with Crippen LogP contribution < -0.4 is 5.73 Å². The zero-order chi connectivity index (χ0) is 17.8. The summed E-state index contributed by atoms with van der Waals surface area (Å²) in [5.41, 5.74) is 7.95. The summed E-state index contributed by atoms with van der Waals surface area (Å²) in [5, 5.41) is 4.22. The Morgan fingerprint density at radius 1 is 1.24 bits per heavy atom. The first-order chi connectivity index (χ1) is 12.0. The molecule has 3 rings (SSSR count). The first-order valence-electron chi connectivity index (χ1n) is 8.64. The van der Waals surface area contributed by atoms with Crippen LogP contribution in [0.4, 0.5) is 10.3 Å². The van der Waals surface area contributed by atoms with Crippen LogP contribution in [0.1, 0.15) is 23.7 Å². The third-order valence-electron chi connectivity index (χ3n) is 4.55. The summed E-state index contributed by atoms with van der Waals surface area (Å²) >= 11 is 0. The summed E-state index contributed by atoms with van der Waals surface area (Å²) in [6.45, 7) is 9.81. The van der Waals surface area contributed by atoms with Crippen LogP contribution in [0.25, 0.3) is 0 Å². The van der Waals surface area contributed by atoms with Gasteiger partial charge in [-0.3, -0.25) is 4.90 Å². The van der Waals surface area contributed by atoms with Crippen LogP contribution in [0, 0.1) is 12.7 Å². The molecule has 0 unspecified atom stereocenters. The SMILES string of the molecule is CCN1CCN(Cc2ccc(C=Nn3cc(C)nc3N)cc2F)CC1. The maximum Gasteiger partial charge on any atom is 0.221 e. The van der Waals surface area contributed by atoms with Crippen LogP contribution in [0.5, 0.6) is 0 Å². The Morgan fingerprint density at radius 2 is 1.96 bits per heavy atom.